The van der Waals surface area contributed by atoms with Crippen molar-refractivity contribution < 1.29 is 28.6 Å². The Morgan fingerprint density at radius 1 is 1.32 bits per heavy atom. The molecule has 8 heteroatoms. The van der Waals surface area contributed by atoms with Gasteiger partial charge in [-0.1, -0.05) is 37.1 Å². The summed E-state index contributed by atoms with van der Waals surface area (Å²) in [6.07, 6.45) is 3.16. The number of ether oxygens (including phenoxy) is 2. The Morgan fingerprint density at radius 2 is 1.97 bits per heavy atom. The molecule has 0 aliphatic carbocycles. The highest BCUT2D eigenvalue weighted by Crippen LogP contribution is 2.36. The molecule has 0 bridgehead atoms. The largest absolute Gasteiger partial charge is 0.493 e. The number of carboxylic acid groups (broad SMARTS) is 1. The number of alkyl halides is 1. The topological polar surface area (TPSA) is 76.1 Å². The minimum Gasteiger partial charge on any atom is -0.493 e. The van der Waals surface area contributed by atoms with Crippen LogP contribution in [0.25, 0.3) is 4.91 Å². The first kappa shape index (κ1) is 27.5. The van der Waals surface area contributed by atoms with E-state index in [4.69, 9.17) is 9.47 Å². The summed E-state index contributed by atoms with van der Waals surface area (Å²) in [5.74, 6) is -1.42. The Bertz CT molecular complexity index is 980. The van der Waals surface area contributed by atoms with Crippen LogP contribution >= 0.6 is 11.8 Å². The number of piperidine rings is 1. The van der Waals surface area contributed by atoms with Gasteiger partial charge in [0.15, 0.2) is 0 Å². The normalized spacial score (nSPS) is 21.1. The second-order valence-electron chi connectivity index (χ2n) is 9.55. The van der Waals surface area contributed by atoms with Crippen molar-refractivity contribution in [2.45, 2.75) is 52.3 Å². The van der Waals surface area contributed by atoms with Crippen LogP contribution in [0.4, 0.5) is 9.18 Å². The van der Waals surface area contributed by atoms with Crippen LogP contribution in [-0.4, -0.2) is 53.0 Å². The highest BCUT2D eigenvalue weighted by atomic mass is 32.2. The molecule has 1 aromatic rings. The third-order valence-corrected chi connectivity index (χ3v) is 6.32. The molecule has 2 rings (SSSR count). The predicted octanol–water partition coefficient (Wildman–Crippen LogP) is 6.54. The number of carboxylic acids is 1. The molecule has 0 aromatic heterocycles. The molecule has 0 saturated carbocycles. The molecule has 1 amide bonds. The summed E-state index contributed by atoms with van der Waals surface area (Å²) in [6.45, 7) is 16.8. The fourth-order valence-corrected chi connectivity index (χ4v) is 4.23. The van der Waals surface area contributed by atoms with E-state index in [0.717, 1.165) is 4.91 Å². The standard InChI is InChI=1S/C26H34FNO5S/c1-8-9-17(2)34-18(3)19-12-20(23(29)30)14-22(13-19)32-16-21-15-28(11-10-26(21,7)27)24(31)33-25(4,5)6/h8-9,12-14,21H,1,3,10-11,15-16H2,2,4-7H3,(H,29,30)/b17-9-. The summed E-state index contributed by atoms with van der Waals surface area (Å²) in [7, 11) is 0. The van der Waals surface area contributed by atoms with Gasteiger partial charge in [-0.25, -0.2) is 14.0 Å². The van der Waals surface area contributed by atoms with Gasteiger partial charge in [0, 0.05) is 23.9 Å². The van der Waals surface area contributed by atoms with Crippen LogP contribution in [0.3, 0.4) is 0 Å². The highest BCUT2D eigenvalue weighted by Gasteiger charge is 2.42. The highest BCUT2D eigenvalue weighted by molar-refractivity contribution is 8.11. The van der Waals surface area contributed by atoms with E-state index in [1.54, 1.807) is 32.9 Å². The van der Waals surface area contributed by atoms with Crippen LogP contribution in [0.2, 0.25) is 0 Å². The number of amides is 1. The molecule has 1 aliphatic rings. The molecule has 1 aromatic carbocycles. The Labute approximate surface area is 205 Å². The Balaban J connectivity index is 2.19. The van der Waals surface area contributed by atoms with Crippen molar-refractivity contribution in [3.8, 4) is 5.75 Å². The number of thioether (sulfide) groups is 1. The third-order valence-electron chi connectivity index (χ3n) is 5.38. The van der Waals surface area contributed by atoms with Crippen LogP contribution in [0, 0.1) is 5.92 Å². The molecule has 1 heterocycles. The van der Waals surface area contributed by atoms with E-state index in [9.17, 15) is 14.7 Å². The summed E-state index contributed by atoms with van der Waals surface area (Å²) < 4.78 is 26.6. The molecule has 34 heavy (non-hydrogen) atoms. The second kappa shape index (κ2) is 11.1. The van der Waals surface area contributed by atoms with Crippen molar-refractivity contribution in [2.24, 2.45) is 5.92 Å². The molecule has 186 valence electrons. The van der Waals surface area contributed by atoms with Gasteiger partial charge in [-0.05, 0) is 69.7 Å². The lowest BCUT2D eigenvalue weighted by molar-refractivity contribution is -0.0281. The molecule has 0 radical (unpaired) electrons. The first-order chi connectivity index (χ1) is 15.7. The molecular weight excluding hydrogens is 457 g/mol. The second-order valence-corrected chi connectivity index (χ2v) is 10.9. The van der Waals surface area contributed by atoms with Gasteiger partial charge in [-0.3, -0.25) is 0 Å². The number of hydrogen-bond acceptors (Lipinski definition) is 5. The van der Waals surface area contributed by atoms with Gasteiger partial charge in [0.2, 0.25) is 0 Å². The van der Waals surface area contributed by atoms with Crippen LogP contribution in [0.15, 0.2) is 48.4 Å². The minimum atomic E-state index is -1.54. The summed E-state index contributed by atoms with van der Waals surface area (Å²) >= 11 is 1.39. The number of hydrogen-bond donors (Lipinski definition) is 1. The molecule has 1 N–H and O–H groups in total. The van der Waals surface area contributed by atoms with E-state index in [2.05, 4.69) is 13.2 Å². The van der Waals surface area contributed by atoms with E-state index in [-0.39, 0.29) is 31.7 Å². The lowest BCUT2D eigenvalue weighted by atomic mass is 9.84. The van der Waals surface area contributed by atoms with E-state index >= 15 is 4.39 Å². The van der Waals surface area contributed by atoms with E-state index in [0.29, 0.717) is 16.2 Å². The maximum absolute atomic E-state index is 15.3. The molecule has 2 atom stereocenters. The van der Waals surface area contributed by atoms with Crippen molar-refractivity contribution in [3.63, 3.8) is 0 Å². The average Bonchev–Trinajstić information content (AvgIpc) is 2.71. The van der Waals surface area contributed by atoms with E-state index in [1.165, 1.54) is 35.7 Å². The van der Waals surface area contributed by atoms with Crippen LogP contribution in [0.1, 0.15) is 57.0 Å². The Morgan fingerprint density at radius 3 is 2.56 bits per heavy atom. The number of rotatable bonds is 8. The van der Waals surface area contributed by atoms with Crippen molar-refractivity contribution >= 4 is 28.7 Å². The Kier molecular flexibility index (Phi) is 9.00. The average molecular weight is 492 g/mol. The number of carbonyl (C=O) groups is 2. The van der Waals surface area contributed by atoms with Gasteiger partial charge in [-0.15, -0.1) is 0 Å². The molecule has 1 saturated heterocycles. The zero-order valence-corrected chi connectivity index (χ0v) is 21.3. The van der Waals surface area contributed by atoms with Crippen molar-refractivity contribution in [3.05, 3.63) is 59.5 Å². The lowest BCUT2D eigenvalue weighted by Crippen LogP contribution is -2.52. The maximum atomic E-state index is 15.3. The van der Waals surface area contributed by atoms with Crippen LogP contribution in [0.5, 0.6) is 5.75 Å². The van der Waals surface area contributed by atoms with Crippen LogP contribution in [-0.2, 0) is 4.74 Å². The first-order valence-electron chi connectivity index (χ1n) is 11.1. The zero-order chi connectivity index (χ0) is 25.7. The van der Waals surface area contributed by atoms with Crippen LogP contribution < -0.4 is 4.74 Å². The van der Waals surface area contributed by atoms with Crippen molar-refractivity contribution in [1.29, 1.82) is 0 Å². The number of halogens is 1. The summed E-state index contributed by atoms with van der Waals surface area (Å²) in [5, 5.41) is 9.54. The number of likely N-dealkylation sites (tertiary alicyclic amines) is 1. The summed E-state index contributed by atoms with van der Waals surface area (Å²) in [4.78, 5) is 27.2. The van der Waals surface area contributed by atoms with Gasteiger partial charge in [-0.2, -0.15) is 0 Å². The van der Waals surface area contributed by atoms with E-state index < -0.39 is 29.3 Å². The lowest BCUT2D eigenvalue weighted by Gasteiger charge is -2.41. The van der Waals surface area contributed by atoms with Crippen molar-refractivity contribution in [2.75, 3.05) is 19.7 Å². The zero-order valence-electron chi connectivity index (χ0n) is 20.5. The number of nitrogens with zero attached hydrogens (tertiary/aromatic N) is 1. The Hall–Kier alpha value is -2.74. The quantitative estimate of drug-likeness (QED) is 0.416. The van der Waals surface area contributed by atoms with Crippen molar-refractivity contribution in [1.82, 2.24) is 4.90 Å². The van der Waals surface area contributed by atoms with Gasteiger partial charge in [0.25, 0.3) is 0 Å². The first-order valence-corrected chi connectivity index (χ1v) is 11.9. The van der Waals surface area contributed by atoms with Gasteiger partial charge in [0.05, 0.1) is 12.2 Å². The number of benzene rings is 1. The molecule has 1 fully saturated rings. The smallest absolute Gasteiger partial charge is 0.410 e. The van der Waals surface area contributed by atoms with E-state index in [1.807, 2.05) is 13.0 Å². The fourth-order valence-electron chi connectivity index (χ4n) is 3.44. The molecular formula is C26H34FNO5S. The van der Waals surface area contributed by atoms with Gasteiger partial charge >= 0.3 is 12.1 Å². The molecule has 2 unspecified atom stereocenters. The number of allylic oxidation sites excluding steroid dienone is 3. The number of carbonyl (C=O) groups excluding carboxylic acids is 1. The monoisotopic (exact) mass is 491 g/mol. The fraction of sp³-hybridized carbons (Fsp3) is 0.462. The molecule has 0 spiro atoms. The summed E-state index contributed by atoms with van der Waals surface area (Å²) in [5.41, 5.74) is -1.55. The van der Waals surface area contributed by atoms with Gasteiger partial charge < -0.3 is 19.5 Å². The predicted molar refractivity (Wildman–Crippen MR) is 135 cm³/mol. The molecule has 1 aliphatic heterocycles. The molecule has 6 nitrogen and oxygen atoms in total. The number of aromatic carboxylic acids is 1. The third kappa shape index (κ3) is 7.94. The SMILES string of the molecule is C=C/C=C(/C)SC(=C)c1cc(OCC2CN(C(=O)OC(C)(C)C)CCC2(C)F)cc(C(=O)O)c1. The van der Waals surface area contributed by atoms with Gasteiger partial charge in [0.1, 0.15) is 17.0 Å². The maximum Gasteiger partial charge on any atom is 0.410 e. The minimum absolute atomic E-state index is 0.0240. The summed E-state index contributed by atoms with van der Waals surface area (Å²) in [6, 6.07) is 4.61.